The lowest BCUT2D eigenvalue weighted by atomic mass is 9.20. The molecule has 0 N–H and O–H groups in total. The normalized spacial score (nSPS) is 62.9. The molecule has 5 aliphatic carbocycles. The molecule has 5 saturated carbocycles. The Morgan fingerprint density at radius 3 is 2.06 bits per heavy atom. The van der Waals surface area contributed by atoms with E-state index < -0.39 is 0 Å². The zero-order valence-corrected chi connectivity index (χ0v) is 10.6. The molecule has 0 aromatic carbocycles. The van der Waals surface area contributed by atoms with Crippen molar-refractivity contribution in [2.75, 3.05) is 0 Å². The summed E-state index contributed by atoms with van der Waals surface area (Å²) < 4.78 is 0. The summed E-state index contributed by atoms with van der Waals surface area (Å²) in [4.78, 5) is 12.7. The second kappa shape index (κ2) is 2.65. The van der Waals surface area contributed by atoms with Crippen molar-refractivity contribution in [2.24, 2.45) is 34.5 Å². The molecule has 0 aromatic heterocycles. The summed E-state index contributed by atoms with van der Waals surface area (Å²) in [6.45, 7) is 0. The van der Waals surface area contributed by atoms with E-state index in [0.717, 1.165) is 35.9 Å². The standard InChI is InChI=1S/C16H22O/c17-14-8-3-9-15-10-4-1-6-12(10)16(14,15)13-7-2-5-11(13)15/h10-13H,1-9H2/t10-,11-,12-,13+,15?,16?/m0/s1. The van der Waals surface area contributed by atoms with E-state index in [1.165, 1.54) is 51.4 Å². The van der Waals surface area contributed by atoms with Crippen LogP contribution in [0.3, 0.4) is 0 Å². The van der Waals surface area contributed by atoms with E-state index in [2.05, 4.69) is 0 Å². The van der Waals surface area contributed by atoms with Crippen molar-refractivity contribution >= 4 is 5.78 Å². The zero-order chi connectivity index (χ0) is 11.3. The van der Waals surface area contributed by atoms with Crippen LogP contribution in [-0.4, -0.2) is 5.78 Å². The molecule has 0 saturated heterocycles. The minimum Gasteiger partial charge on any atom is -0.299 e. The van der Waals surface area contributed by atoms with E-state index in [9.17, 15) is 4.79 Å². The van der Waals surface area contributed by atoms with Gasteiger partial charge >= 0.3 is 0 Å². The van der Waals surface area contributed by atoms with Gasteiger partial charge in [-0.15, -0.1) is 0 Å². The van der Waals surface area contributed by atoms with Crippen LogP contribution in [0.4, 0.5) is 0 Å². The first-order valence-corrected chi connectivity index (χ1v) is 7.87. The fourth-order valence-corrected chi connectivity index (χ4v) is 7.90. The highest BCUT2D eigenvalue weighted by Crippen LogP contribution is 2.89. The van der Waals surface area contributed by atoms with E-state index >= 15 is 0 Å². The maximum atomic E-state index is 12.7. The summed E-state index contributed by atoms with van der Waals surface area (Å²) in [7, 11) is 0. The number of hydrogen-bond donors (Lipinski definition) is 0. The van der Waals surface area contributed by atoms with Gasteiger partial charge in [-0.3, -0.25) is 4.79 Å². The summed E-state index contributed by atoms with van der Waals surface area (Å²) in [5.74, 6) is 4.36. The molecule has 92 valence electrons. The molecule has 2 unspecified atom stereocenters. The van der Waals surface area contributed by atoms with E-state index in [1.807, 2.05) is 0 Å². The number of ketones is 1. The summed E-state index contributed by atoms with van der Waals surface area (Å²) in [6.07, 6.45) is 12.1. The molecule has 0 amide bonds. The Morgan fingerprint density at radius 2 is 1.41 bits per heavy atom. The van der Waals surface area contributed by atoms with Crippen LogP contribution in [0.2, 0.25) is 0 Å². The molecule has 0 aliphatic heterocycles. The fraction of sp³-hybridized carbons (Fsp3) is 0.938. The molecule has 0 bridgehead atoms. The monoisotopic (exact) mass is 230 g/mol. The Bertz CT molecular complexity index is 388. The third-order valence-electron chi connectivity index (χ3n) is 7.75. The molecular weight excluding hydrogens is 208 g/mol. The lowest BCUT2D eigenvalue weighted by Gasteiger charge is -2.82. The van der Waals surface area contributed by atoms with Crippen molar-refractivity contribution in [3.8, 4) is 0 Å². The summed E-state index contributed by atoms with van der Waals surface area (Å²) >= 11 is 0. The van der Waals surface area contributed by atoms with Gasteiger partial charge < -0.3 is 0 Å². The molecule has 0 radical (unpaired) electrons. The lowest BCUT2D eigenvalue weighted by molar-refractivity contribution is -0.339. The average Bonchev–Trinajstić information content (AvgIpc) is 2.91. The first kappa shape index (κ1) is 9.58. The van der Waals surface area contributed by atoms with Crippen LogP contribution in [-0.2, 0) is 4.79 Å². The van der Waals surface area contributed by atoms with Crippen LogP contribution in [0.25, 0.3) is 0 Å². The van der Waals surface area contributed by atoms with Gasteiger partial charge in [0.05, 0.1) is 0 Å². The molecule has 1 heteroatoms. The Kier molecular flexibility index (Phi) is 1.49. The van der Waals surface area contributed by atoms with Crippen LogP contribution in [0.1, 0.15) is 57.8 Å². The van der Waals surface area contributed by atoms with Crippen LogP contribution < -0.4 is 0 Å². The van der Waals surface area contributed by atoms with Crippen molar-refractivity contribution in [2.45, 2.75) is 57.8 Å². The molecule has 0 spiro atoms. The van der Waals surface area contributed by atoms with Gasteiger partial charge in [0.25, 0.3) is 0 Å². The molecule has 5 fully saturated rings. The third-order valence-corrected chi connectivity index (χ3v) is 7.75. The van der Waals surface area contributed by atoms with Gasteiger partial charge in [-0.1, -0.05) is 12.8 Å². The van der Waals surface area contributed by atoms with E-state index in [4.69, 9.17) is 0 Å². The van der Waals surface area contributed by atoms with Gasteiger partial charge in [0, 0.05) is 11.8 Å². The van der Waals surface area contributed by atoms with Gasteiger partial charge in [0.1, 0.15) is 5.78 Å². The summed E-state index contributed by atoms with van der Waals surface area (Å²) in [5, 5.41) is 0. The number of rotatable bonds is 0. The minimum absolute atomic E-state index is 0.258. The molecule has 5 aliphatic rings. The number of Topliss-reactive ketones (excluding diaryl/α,β-unsaturated/α-hetero) is 1. The first-order chi connectivity index (χ1) is 8.33. The van der Waals surface area contributed by atoms with Crippen LogP contribution in [0.5, 0.6) is 0 Å². The lowest BCUT2D eigenvalue weighted by Crippen LogP contribution is -2.82. The first-order valence-electron chi connectivity index (χ1n) is 7.87. The maximum absolute atomic E-state index is 12.7. The third kappa shape index (κ3) is 0.679. The minimum atomic E-state index is 0.258. The van der Waals surface area contributed by atoms with Gasteiger partial charge in [-0.25, -0.2) is 0 Å². The highest BCUT2D eigenvalue weighted by Gasteiger charge is 2.87. The number of carbonyl (C=O) groups excluding carboxylic acids is 1. The maximum Gasteiger partial charge on any atom is 0.140 e. The predicted molar refractivity (Wildman–Crippen MR) is 65.4 cm³/mol. The van der Waals surface area contributed by atoms with Crippen molar-refractivity contribution in [1.29, 1.82) is 0 Å². The van der Waals surface area contributed by atoms with Crippen molar-refractivity contribution < 1.29 is 4.79 Å². The SMILES string of the molecule is O=C1CCCC23[C@H]4CCC[C@H]4C12[C@H]1CCC[C@@H]13. The number of carbonyl (C=O) groups is 1. The molecule has 6 atom stereocenters. The Hall–Kier alpha value is -0.330. The second-order valence-electron chi connectivity index (χ2n) is 7.47. The quantitative estimate of drug-likeness (QED) is 0.621. The zero-order valence-electron chi connectivity index (χ0n) is 10.6. The molecular formula is C16H22O. The van der Waals surface area contributed by atoms with Crippen LogP contribution in [0.15, 0.2) is 0 Å². The Labute approximate surface area is 103 Å². The molecule has 1 nitrogen and oxygen atoms in total. The van der Waals surface area contributed by atoms with Crippen molar-refractivity contribution in [3.05, 3.63) is 0 Å². The largest absolute Gasteiger partial charge is 0.299 e. The van der Waals surface area contributed by atoms with E-state index in [-0.39, 0.29) is 5.41 Å². The topological polar surface area (TPSA) is 17.1 Å². The highest BCUT2D eigenvalue weighted by atomic mass is 16.1. The molecule has 0 aromatic rings. The van der Waals surface area contributed by atoms with Crippen LogP contribution >= 0.6 is 0 Å². The Balaban J connectivity index is 1.70. The number of hydrogen-bond acceptors (Lipinski definition) is 1. The average molecular weight is 230 g/mol. The summed E-state index contributed by atoms with van der Waals surface area (Å²) in [6, 6.07) is 0. The summed E-state index contributed by atoms with van der Waals surface area (Å²) in [5.41, 5.74) is 0.818. The van der Waals surface area contributed by atoms with Gasteiger partial charge in [-0.2, -0.15) is 0 Å². The molecule has 5 rings (SSSR count). The van der Waals surface area contributed by atoms with Crippen molar-refractivity contribution in [1.82, 2.24) is 0 Å². The smallest absolute Gasteiger partial charge is 0.140 e. The van der Waals surface area contributed by atoms with E-state index in [0.29, 0.717) is 5.41 Å². The fourth-order valence-electron chi connectivity index (χ4n) is 7.90. The van der Waals surface area contributed by atoms with Crippen LogP contribution in [0, 0.1) is 34.5 Å². The van der Waals surface area contributed by atoms with Gasteiger partial charge in [0.2, 0.25) is 0 Å². The predicted octanol–water partition coefficient (Wildman–Crippen LogP) is 3.57. The van der Waals surface area contributed by atoms with Gasteiger partial charge in [-0.05, 0) is 67.6 Å². The second-order valence-corrected chi connectivity index (χ2v) is 7.47. The Morgan fingerprint density at radius 1 is 0.824 bits per heavy atom. The van der Waals surface area contributed by atoms with E-state index in [1.54, 1.807) is 0 Å². The van der Waals surface area contributed by atoms with Gasteiger partial charge in [0.15, 0.2) is 0 Å². The molecule has 0 heterocycles. The molecule has 17 heavy (non-hydrogen) atoms. The highest BCUT2D eigenvalue weighted by molar-refractivity contribution is 5.91. The number of fused-ring (bicyclic) bond motifs is 2. The van der Waals surface area contributed by atoms with Crippen molar-refractivity contribution in [3.63, 3.8) is 0 Å².